The Labute approximate surface area is 99.4 Å². The van der Waals surface area contributed by atoms with E-state index in [1.54, 1.807) is 0 Å². The number of fused-ring (bicyclic) bond motifs is 2. The molecule has 1 aliphatic carbocycles. The van der Waals surface area contributed by atoms with Gasteiger partial charge < -0.3 is 4.74 Å². The average molecular weight is 227 g/mol. The molecule has 0 N–H and O–H groups in total. The van der Waals surface area contributed by atoms with Crippen LogP contribution < -0.4 is 4.74 Å². The van der Waals surface area contributed by atoms with Crippen molar-refractivity contribution in [2.24, 2.45) is 0 Å². The summed E-state index contributed by atoms with van der Waals surface area (Å²) in [7, 11) is 0. The highest BCUT2D eigenvalue weighted by molar-refractivity contribution is 5.82. The standard InChI is InChI=1S/C14H13NO2/c1-9(16)17-12-6-5-11-7-10-3-2-4-13(10)15-14(11)8-12/h5-8H,2-4H2,1H3. The molecular weight excluding hydrogens is 214 g/mol. The molecule has 0 saturated carbocycles. The van der Waals surface area contributed by atoms with Gasteiger partial charge in [0.2, 0.25) is 0 Å². The van der Waals surface area contributed by atoms with Crippen molar-refractivity contribution in [3.05, 3.63) is 35.5 Å². The number of carbonyl (C=O) groups excluding carboxylic acids is 1. The molecule has 1 aromatic heterocycles. The topological polar surface area (TPSA) is 39.2 Å². The van der Waals surface area contributed by atoms with Crippen LogP contribution in [-0.4, -0.2) is 11.0 Å². The SMILES string of the molecule is CC(=O)Oc1ccc2cc3c(nc2c1)CCC3. The number of ether oxygens (including phenoxy) is 1. The van der Waals surface area contributed by atoms with Crippen LogP contribution in [0.3, 0.4) is 0 Å². The molecule has 1 aliphatic rings. The van der Waals surface area contributed by atoms with Crippen molar-refractivity contribution in [3.63, 3.8) is 0 Å². The van der Waals surface area contributed by atoms with Crippen molar-refractivity contribution in [2.75, 3.05) is 0 Å². The maximum absolute atomic E-state index is 10.9. The van der Waals surface area contributed by atoms with Crippen LogP contribution >= 0.6 is 0 Å². The van der Waals surface area contributed by atoms with E-state index in [-0.39, 0.29) is 5.97 Å². The Morgan fingerprint density at radius 3 is 3.00 bits per heavy atom. The first kappa shape index (κ1) is 10.3. The van der Waals surface area contributed by atoms with Crippen molar-refractivity contribution in [1.29, 1.82) is 0 Å². The fourth-order valence-corrected chi connectivity index (χ4v) is 2.34. The van der Waals surface area contributed by atoms with Gasteiger partial charge in [-0.05, 0) is 43.0 Å². The fourth-order valence-electron chi connectivity index (χ4n) is 2.34. The Hall–Kier alpha value is -1.90. The lowest BCUT2D eigenvalue weighted by Gasteiger charge is -2.05. The zero-order chi connectivity index (χ0) is 11.8. The Balaban J connectivity index is 2.10. The number of pyridine rings is 1. The third-order valence-electron chi connectivity index (χ3n) is 3.08. The van der Waals surface area contributed by atoms with Gasteiger partial charge >= 0.3 is 5.97 Å². The number of hydrogen-bond acceptors (Lipinski definition) is 3. The molecule has 2 aromatic rings. The minimum absolute atomic E-state index is 0.300. The van der Waals surface area contributed by atoms with Crippen LogP contribution in [0.1, 0.15) is 24.6 Å². The van der Waals surface area contributed by atoms with Gasteiger partial charge in [-0.25, -0.2) is 0 Å². The van der Waals surface area contributed by atoms with Gasteiger partial charge in [-0.3, -0.25) is 9.78 Å². The molecular formula is C14H13NO2. The second-order valence-corrected chi connectivity index (χ2v) is 4.40. The summed E-state index contributed by atoms with van der Waals surface area (Å²) in [6, 6.07) is 7.80. The number of benzene rings is 1. The van der Waals surface area contributed by atoms with Crippen LogP contribution in [0.2, 0.25) is 0 Å². The van der Waals surface area contributed by atoms with E-state index >= 15 is 0 Å². The third-order valence-corrected chi connectivity index (χ3v) is 3.08. The van der Waals surface area contributed by atoms with E-state index < -0.39 is 0 Å². The Morgan fingerprint density at radius 1 is 1.29 bits per heavy atom. The molecule has 0 aliphatic heterocycles. The number of hydrogen-bond donors (Lipinski definition) is 0. The number of rotatable bonds is 1. The van der Waals surface area contributed by atoms with Crippen molar-refractivity contribution < 1.29 is 9.53 Å². The van der Waals surface area contributed by atoms with Crippen LogP contribution in [-0.2, 0) is 17.6 Å². The molecule has 0 amide bonds. The van der Waals surface area contributed by atoms with Gasteiger partial charge in [-0.15, -0.1) is 0 Å². The summed E-state index contributed by atoms with van der Waals surface area (Å²) >= 11 is 0. The van der Waals surface area contributed by atoms with E-state index in [4.69, 9.17) is 4.74 Å². The molecule has 0 radical (unpaired) electrons. The lowest BCUT2D eigenvalue weighted by molar-refractivity contribution is -0.131. The van der Waals surface area contributed by atoms with Crippen molar-refractivity contribution in [1.82, 2.24) is 4.98 Å². The lowest BCUT2D eigenvalue weighted by Crippen LogP contribution is -2.01. The number of esters is 1. The predicted octanol–water partition coefficient (Wildman–Crippen LogP) is 2.65. The summed E-state index contributed by atoms with van der Waals surface area (Å²) in [5.41, 5.74) is 3.46. The average Bonchev–Trinajstić information content (AvgIpc) is 2.72. The second kappa shape index (κ2) is 3.84. The first-order valence-corrected chi connectivity index (χ1v) is 5.83. The Morgan fingerprint density at radius 2 is 2.18 bits per heavy atom. The van der Waals surface area contributed by atoms with E-state index in [0.29, 0.717) is 5.75 Å². The molecule has 0 saturated heterocycles. The summed E-state index contributed by atoms with van der Waals surface area (Å²) in [6.07, 6.45) is 3.38. The minimum Gasteiger partial charge on any atom is -0.427 e. The van der Waals surface area contributed by atoms with Gasteiger partial charge in [0.1, 0.15) is 5.75 Å². The molecule has 3 nitrogen and oxygen atoms in total. The monoisotopic (exact) mass is 227 g/mol. The quantitative estimate of drug-likeness (QED) is 0.555. The molecule has 3 heteroatoms. The zero-order valence-electron chi connectivity index (χ0n) is 9.69. The number of nitrogens with zero attached hydrogens (tertiary/aromatic N) is 1. The van der Waals surface area contributed by atoms with E-state index in [9.17, 15) is 4.79 Å². The van der Waals surface area contributed by atoms with Gasteiger partial charge in [-0.1, -0.05) is 0 Å². The highest BCUT2D eigenvalue weighted by Crippen LogP contribution is 2.26. The first-order valence-electron chi connectivity index (χ1n) is 5.83. The molecule has 0 atom stereocenters. The maximum Gasteiger partial charge on any atom is 0.308 e. The van der Waals surface area contributed by atoms with Crippen LogP contribution in [0.15, 0.2) is 24.3 Å². The summed E-state index contributed by atoms with van der Waals surface area (Å²) in [6.45, 7) is 1.40. The largest absolute Gasteiger partial charge is 0.427 e. The Kier molecular flexibility index (Phi) is 2.32. The number of aromatic nitrogens is 1. The fraction of sp³-hybridized carbons (Fsp3) is 0.286. The van der Waals surface area contributed by atoms with E-state index in [1.165, 1.54) is 24.6 Å². The molecule has 17 heavy (non-hydrogen) atoms. The first-order chi connectivity index (χ1) is 8.22. The van der Waals surface area contributed by atoms with Gasteiger partial charge in [0.05, 0.1) is 5.52 Å². The minimum atomic E-state index is -0.300. The van der Waals surface area contributed by atoms with Crippen LogP contribution in [0.4, 0.5) is 0 Å². The molecule has 0 unspecified atom stereocenters. The predicted molar refractivity (Wildman–Crippen MR) is 65.1 cm³/mol. The van der Waals surface area contributed by atoms with Crippen LogP contribution in [0.5, 0.6) is 5.75 Å². The maximum atomic E-state index is 10.9. The lowest BCUT2D eigenvalue weighted by atomic mass is 10.1. The highest BCUT2D eigenvalue weighted by atomic mass is 16.5. The van der Waals surface area contributed by atoms with E-state index in [2.05, 4.69) is 11.1 Å². The molecule has 1 aromatic carbocycles. The van der Waals surface area contributed by atoms with Crippen LogP contribution in [0, 0.1) is 0 Å². The Bertz CT molecular complexity index is 604. The van der Waals surface area contributed by atoms with Gasteiger partial charge in [0, 0.05) is 24.1 Å². The summed E-state index contributed by atoms with van der Waals surface area (Å²) in [5, 5.41) is 1.11. The molecule has 0 spiro atoms. The van der Waals surface area contributed by atoms with Crippen LogP contribution in [0.25, 0.3) is 10.9 Å². The smallest absolute Gasteiger partial charge is 0.308 e. The molecule has 3 rings (SSSR count). The summed E-state index contributed by atoms with van der Waals surface area (Å²) in [5.74, 6) is 0.265. The van der Waals surface area contributed by atoms with Crippen molar-refractivity contribution >= 4 is 16.9 Å². The molecule has 1 heterocycles. The summed E-state index contributed by atoms with van der Waals surface area (Å²) in [4.78, 5) is 15.5. The van der Waals surface area contributed by atoms with Crippen molar-refractivity contribution in [3.8, 4) is 5.75 Å². The van der Waals surface area contributed by atoms with E-state index in [0.717, 1.165) is 23.7 Å². The third kappa shape index (κ3) is 1.88. The number of carbonyl (C=O) groups is 1. The summed E-state index contributed by atoms with van der Waals surface area (Å²) < 4.78 is 5.06. The second-order valence-electron chi connectivity index (χ2n) is 4.40. The van der Waals surface area contributed by atoms with E-state index in [1.807, 2.05) is 18.2 Å². The highest BCUT2D eigenvalue weighted by Gasteiger charge is 2.13. The molecule has 0 fully saturated rings. The molecule has 0 bridgehead atoms. The number of aryl methyl sites for hydroxylation is 2. The van der Waals surface area contributed by atoms with Gasteiger partial charge in [-0.2, -0.15) is 0 Å². The van der Waals surface area contributed by atoms with Gasteiger partial charge in [0.15, 0.2) is 0 Å². The van der Waals surface area contributed by atoms with Crippen molar-refractivity contribution in [2.45, 2.75) is 26.2 Å². The molecule has 86 valence electrons. The van der Waals surface area contributed by atoms with Gasteiger partial charge in [0.25, 0.3) is 0 Å². The normalized spacial score (nSPS) is 13.7. The zero-order valence-corrected chi connectivity index (χ0v) is 9.69.